The van der Waals surface area contributed by atoms with Crippen LogP contribution in [0.1, 0.15) is 41.0 Å². The molecule has 1 fully saturated rings. The number of ether oxygens (including phenoxy) is 2. The van der Waals surface area contributed by atoms with E-state index in [1.54, 1.807) is 13.8 Å². The molecule has 0 radical (unpaired) electrons. The molecule has 1 saturated heterocycles. The van der Waals surface area contributed by atoms with Crippen molar-refractivity contribution in [1.29, 1.82) is 0 Å². The van der Waals surface area contributed by atoms with Crippen LogP contribution in [-0.2, 0) is 27.9 Å². The van der Waals surface area contributed by atoms with Gasteiger partial charge in [-0.1, -0.05) is 13.8 Å². The van der Waals surface area contributed by atoms with Gasteiger partial charge in [-0.15, -0.1) is 0 Å². The molecule has 0 saturated carbocycles. The summed E-state index contributed by atoms with van der Waals surface area (Å²) < 4.78 is 34.0. The lowest BCUT2D eigenvalue weighted by Gasteiger charge is -2.42. The van der Waals surface area contributed by atoms with Crippen molar-refractivity contribution in [1.82, 2.24) is 0 Å². The van der Waals surface area contributed by atoms with Gasteiger partial charge in [0.05, 0.1) is 25.5 Å². The second kappa shape index (κ2) is 9.14. The highest BCUT2D eigenvalue weighted by molar-refractivity contribution is 7.53. The third-order valence-electron chi connectivity index (χ3n) is 4.12. The Morgan fingerprint density at radius 3 is 2.22 bits per heavy atom. The first-order valence-electron chi connectivity index (χ1n) is 8.13. The van der Waals surface area contributed by atoms with Gasteiger partial charge in [0.15, 0.2) is 6.29 Å². The van der Waals surface area contributed by atoms with E-state index in [2.05, 4.69) is 0 Å². The molecule has 0 aliphatic carbocycles. The van der Waals surface area contributed by atoms with Crippen LogP contribution in [0.4, 0.5) is 0 Å². The first-order chi connectivity index (χ1) is 10.7. The average molecular weight is 352 g/mol. The quantitative estimate of drug-likeness (QED) is 0.530. The summed E-state index contributed by atoms with van der Waals surface area (Å²) in [5.41, 5.74) is 0. The van der Waals surface area contributed by atoms with Crippen LogP contribution < -0.4 is 0 Å². The second-order valence-corrected chi connectivity index (χ2v) is 8.00. The predicted molar refractivity (Wildman–Crippen MR) is 85.1 cm³/mol. The van der Waals surface area contributed by atoms with Gasteiger partial charge in [0, 0.05) is 18.8 Å². The van der Waals surface area contributed by atoms with Crippen molar-refractivity contribution in [2.75, 3.05) is 19.4 Å². The van der Waals surface area contributed by atoms with Crippen LogP contribution in [0.3, 0.4) is 0 Å². The molecule has 0 aromatic heterocycles. The Kier molecular flexibility index (Phi) is 8.18. The van der Waals surface area contributed by atoms with E-state index < -0.39 is 32.1 Å². The van der Waals surface area contributed by atoms with Crippen LogP contribution in [-0.4, -0.2) is 48.9 Å². The first-order valence-corrected chi connectivity index (χ1v) is 9.85. The Morgan fingerprint density at radius 1 is 1.17 bits per heavy atom. The highest BCUT2D eigenvalue weighted by Crippen LogP contribution is 2.49. The number of aliphatic hydroxyl groups excluding tert-OH is 1. The molecule has 136 valence electrons. The first kappa shape index (κ1) is 20.6. The van der Waals surface area contributed by atoms with Crippen LogP contribution in [0, 0.1) is 11.8 Å². The fraction of sp³-hybridized carbons (Fsp3) is 0.933. The Hall–Kier alpha value is -0.460. The Bertz CT molecular complexity index is 418. The number of rotatable bonds is 8. The summed E-state index contributed by atoms with van der Waals surface area (Å²) >= 11 is 0. The summed E-state index contributed by atoms with van der Waals surface area (Å²) in [6.07, 6.45) is -1.54. The lowest BCUT2D eigenvalue weighted by atomic mass is 9.84. The number of carbonyl (C=O) groups excluding carboxylic acids is 1. The number of hydrogen-bond acceptors (Lipinski definition) is 7. The average Bonchev–Trinajstić information content (AvgIpc) is 2.46. The minimum atomic E-state index is -3.20. The van der Waals surface area contributed by atoms with Crippen LogP contribution in [0.15, 0.2) is 0 Å². The van der Waals surface area contributed by atoms with Gasteiger partial charge in [0.1, 0.15) is 6.10 Å². The molecule has 1 rings (SSSR count). The van der Waals surface area contributed by atoms with Gasteiger partial charge < -0.3 is 23.6 Å². The van der Waals surface area contributed by atoms with Gasteiger partial charge in [-0.05, 0) is 20.3 Å². The van der Waals surface area contributed by atoms with Crippen LogP contribution in [0.5, 0.6) is 0 Å². The topological polar surface area (TPSA) is 91.3 Å². The van der Waals surface area contributed by atoms with Gasteiger partial charge in [0.2, 0.25) is 0 Å². The number of hydrogen-bond donors (Lipinski definition) is 1. The van der Waals surface area contributed by atoms with Crippen molar-refractivity contribution in [3.8, 4) is 0 Å². The van der Waals surface area contributed by atoms with Crippen molar-refractivity contribution in [3.63, 3.8) is 0 Å². The van der Waals surface area contributed by atoms with E-state index in [4.69, 9.17) is 18.5 Å². The summed E-state index contributed by atoms with van der Waals surface area (Å²) in [5, 5.41) is 10.0. The van der Waals surface area contributed by atoms with Gasteiger partial charge in [-0.3, -0.25) is 9.36 Å². The Labute approximate surface area is 138 Å². The smallest absolute Gasteiger partial charge is 0.330 e. The minimum absolute atomic E-state index is 0.0776. The highest BCUT2D eigenvalue weighted by Gasteiger charge is 2.43. The molecule has 1 heterocycles. The van der Waals surface area contributed by atoms with Gasteiger partial charge >= 0.3 is 13.6 Å². The van der Waals surface area contributed by atoms with Crippen molar-refractivity contribution >= 4 is 13.6 Å². The SMILES string of the molecule is CCOP(=O)(CC[C@H]1OC(O)[C@@H](C)[C@@H](C)[C@@H]1OC(C)=O)OCC. The molecular weight excluding hydrogens is 323 g/mol. The molecule has 1 unspecified atom stereocenters. The molecule has 1 aliphatic heterocycles. The standard InChI is InChI=1S/C15H29O7P/c1-6-19-23(18,20-7-2)9-8-13-14(21-12(5)16)10(3)11(4)15(17)22-13/h10-11,13-15,17H,6-9H2,1-5H3/t10-,11+,13-,14+,15?/m1/s1. The fourth-order valence-corrected chi connectivity index (χ4v) is 4.42. The molecule has 5 atom stereocenters. The third kappa shape index (κ3) is 5.84. The van der Waals surface area contributed by atoms with Crippen molar-refractivity contribution in [2.45, 2.75) is 59.5 Å². The van der Waals surface area contributed by atoms with Crippen LogP contribution in [0.25, 0.3) is 0 Å². The molecule has 1 aliphatic rings. The maximum Gasteiger partial charge on any atom is 0.330 e. The lowest BCUT2D eigenvalue weighted by Crippen LogP contribution is -2.51. The molecule has 0 aromatic rings. The highest BCUT2D eigenvalue weighted by atomic mass is 31.2. The van der Waals surface area contributed by atoms with E-state index in [-0.39, 0.29) is 31.2 Å². The zero-order valence-electron chi connectivity index (χ0n) is 14.6. The maximum atomic E-state index is 12.5. The predicted octanol–water partition coefficient (Wildman–Crippen LogP) is 2.56. The van der Waals surface area contributed by atoms with Gasteiger partial charge in [0.25, 0.3) is 0 Å². The molecule has 23 heavy (non-hydrogen) atoms. The molecule has 1 N–H and O–H groups in total. The molecule has 0 bridgehead atoms. The monoisotopic (exact) mass is 352 g/mol. The zero-order valence-corrected chi connectivity index (χ0v) is 15.5. The van der Waals surface area contributed by atoms with E-state index in [0.29, 0.717) is 6.42 Å². The second-order valence-electron chi connectivity index (χ2n) is 5.82. The van der Waals surface area contributed by atoms with E-state index in [1.807, 2.05) is 13.8 Å². The summed E-state index contributed by atoms with van der Waals surface area (Å²) in [7, 11) is -3.20. The zero-order chi connectivity index (χ0) is 17.6. The van der Waals surface area contributed by atoms with E-state index in [0.717, 1.165) is 0 Å². The molecule has 0 aromatic carbocycles. The molecular formula is C15H29O7P. The van der Waals surface area contributed by atoms with Crippen LogP contribution >= 0.6 is 7.60 Å². The largest absolute Gasteiger partial charge is 0.459 e. The molecule has 0 amide bonds. The summed E-state index contributed by atoms with van der Waals surface area (Å²) in [6.45, 7) is 9.15. The van der Waals surface area contributed by atoms with E-state index in [9.17, 15) is 14.5 Å². The van der Waals surface area contributed by atoms with Gasteiger partial charge in [-0.2, -0.15) is 0 Å². The molecule has 8 heteroatoms. The molecule has 0 spiro atoms. The van der Waals surface area contributed by atoms with E-state index >= 15 is 0 Å². The number of aliphatic hydroxyl groups is 1. The lowest BCUT2D eigenvalue weighted by molar-refractivity contribution is -0.249. The Balaban J connectivity index is 2.80. The third-order valence-corrected chi connectivity index (χ3v) is 6.23. The molecule has 7 nitrogen and oxygen atoms in total. The number of esters is 1. The van der Waals surface area contributed by atoms with E-state index in [1.165, 1.54) is 6.92 Å². The van der Waals surface area contributed by atoms with Gasteiger partial charge in [-0.25, -0.2) is 0 Å². The van der Waals surface area contributed by atoms with Crippen molar-refractivity contribution in [3.05, 3.63) is 0 Å². The summed E-state index contributed by atoms with van der Waals surface area (Å²) in [6, 6.07) is 0. The fourth-order valence-electron chi connectivity index (χ4n) is 2.73. The summed E-state index contributed by atoms with van der Waals surface area (Å²) in [4.78, 5) is 11.4. The number of carbonyl (C=O) groups is 1. The Morgan fingerprint density at radius 2 is 1.74 bits per heavy atom. The normalized spacial score (nSPS) is 31.8. The maximum absolute atomic E-state index is 12.5. The van der Waals surface area contributed by atoms with Crippen molar-refractivity contribution < 1.29 is 33.0 Å². The summed E-state index contributed by atoms with van der Waals surface area (Å²) in [5.74, 6) is -0.649. The van der Waals surface area contributed by atoms with Crippen LogP contribution in [0.2, 0.25) is 0 Å². The minimum Gasteiger partial charge on any atom is -0.459 e. The van der Waals surface area contributed by atoms with Crippen molar-refractivity contribution in [2.24, 2.45) is 11.8 Å².